The fourth-order valence-corrected chi connectivity index (χ4v) is 3.31. The van der Waals surface area contributed by atoms with Gasteiger partial charge in [-0.25, -0.2) is 0 Å². The summed E-state index contributed by atoms with van der Waals surface area (Å²) in [5, 5.41) is 2.82. The third kappa shape index (κ3) is 4.60. The Balaban J connectivity index is 1.50. The summed E-state index contributed by atoms with van der Waals surface area (Å²) in [6.07, 6.45) is 2.41. The van der Waals surface area contributed by atoms with E-state index < -0.39 is 17.8 Å². The summed E-state index contributed by atoms with van der Waals surface area (Å²) < 4.78 is 10.4. The van der Waals surface area contributed by atoms with Gasteiger partial charge in [0.05, 0.1) is 18.7 Å². The van der Waals surface area contributed by atoms with Crippen LogP contribution in [-0.2, 0) is 32.1 Å². The van der Waals surface area contributed by atoms with Gasteiger partial charge in [0.15, 0.2) is 6.61 Å². The molecule has 1 atom stereocenters. The van der Waals surface area contributed by atoms with Crippen molar-refractivity contribution in [3.05, 3.63) is 53.5 Å². The Morgan fingerprint density at radius 3 is 2.82 bits per heavy atom. The molecule has 1 N–H and O–H groups in total. The molecule has 2 amide bonds. The van der Waals surface area contributed by atoms with Crippen LogP contribution >= 0.6 is 0 Å². The lowest BCUT2D eigenvalue weighted by Crippen LogP contribution is -2.28. The first-order valence-electron chi connectivity index (χ1n) is 9.33. The molecule has 0 spiro atoms. The number of rotatable bonds is 7. The molecule has 1 aromatic carbocycles. The molecule has 1 fully saturated rings. The highest BCUT2D eigenvalue weighted by atomic mass is 16.5. The molecular weight excluding hydrogens is 360 g/mol. The number of carbonyl (C=O) groups excluding carboxylic acids is 3. The standard InChI is InChI=1S/C21H24N2O5/c1-3-15-7-4-6-14(2)20(15)22-18(24)13-28-21(26)16-10-19(25)23(11-16)12-17-8-5-9-27-17/h4-9,16H,3,10-13H2,1-2H3,(H,22,24)/t16-/m1/s1. The predicted molar refractivity (Wildman–Crippen MR) is 102 cm³/mol. The van der Waals surface area contributed by atoms with Crippen molar-refractivity contribution in [2.45, 2.75) is 33.2 Å². The minimum Gasteiger partial charge on any atom is -0.467 e. The number of para-hydroxylation sites is 1. The van der Waals surface area contributed by atoms with Crippen LogP contribution in [0.3, 0.4) is 0 Å². The van der Waals surface area contributed by atoms with Crippen LogP contribution in [0.5, 0.6) is 0 Å². The second kappa shape index (κ2) is 8.73. The molecule has 0 saturated carbocycles. The number of nitrogens with one attached hydrogen (secondary N) is 1. The molecule has 1 aliphatic rings. The van der Waals surface area contributed by atoms with E-state index in [4.69, 9.17) is 9.15 Å². The minimum absolute atomic E-state index is 0.0823. The first-order chi connectivity index (χ1) is 13.5. The van der Waals surface area contributed by atoms with E-state index in [0.717, 1.165) is 23.2 Å². The van der Waals surface area contributed by atoms with E-state index in [9.17, 15) is 14.4 Å². The molecule has 1 aromatic heterocycles. The Morgan fingerprint density at radius 1 is 1.29 bits per heavy atom. The minimum atomic E-state index is -0.570. The Morgan fingerprint density at radius 2 is 2.11 bits per heavy atom. The maximum atomic E-state index is 12.3. The van der Waals surface area contributed by atoms with Crippen molar-refractivity contribution >= 4 is 23.5 Å². The van der Waals surface area contributed by atoms with Crippen LogP contribution in [-0.4, -0.2) is 35.8 Å². The van der Waals surface area contributed by atoms with Crippen LogP contribution in [0.4, 0.5) is 5.69 Å². The molecule has 2 heterocycles. The second-order valence-corrected chi connectivity index (χ2v) is 6.87. The van der Waals surface area contributed by atoms with Crippen LogP contribution in [0, 0.1) is 12.8 Å². The van der Waals surface area contributed by atoms with Crippen molar-refractivity contribution in [2.24, 2.45) is 5.92 Å². The first-order valence-corrected chi connectivity index (χ1v) is 9.33. The molecule has 2 aromatic rings. The molecule has 7 nitrogen and oxygen atoms in total. The van der Waals surface area contributed by atoms with Crippen LogP contribution < -0.4 is 5.32 Å². The van der Waals surface area contributed by atoms with Crippen molar-refractivity contribution in [3.63, 3.8) is 0 Å². The number of hydrogen-bond acceptors (Lipinski definition) is 5. The van der Waals surface area contributed by atoms with Crippen LogP contribution in [0.1, 0.15) is 30.2 Å². The van der Waals surface area contributed by atoms with E-state index >= 15 is 0 Å². The number of amides is 2. The quantitative estimate of drug-likeness (QED) is 0.742. The highest BCUT2D eigenvalue weighted by molar-refractivity contribution is 5.95. The van der Waals surface area contributed by atoms with E-state index in [-0.39, 0.29) is 25.5 Å². The highest BCUT2D eigenvalue weighted by Gasteiger charge is 2.35. The molecule has 1 saturated heterocycles. The molecule has 7 heteroatoms. The van der Waals surface area contributed by atoms with E-state index in [1.54, 1.807) is 23.3 Å². The zero-order chi connectivity index (χ0) is 20.1. The van der Waals surface area contributed by atoms with Crippen molar-refractivity contribution in [2.75, 3.05) is 18.5 Å². The maximum Gasteiger partial charge on any atom is 0.311 e. The van der Waals surface area contributed by atoms with Gasteiger partial charge in [-0.15, -0.1) is 0 Å². The summed E-state index contributed by atoms with van der Waals surface area (Å²) in [4.78, 5) is 38.2. The molecule has 148 valence electrons. The zero-order valence-electron chi connectivity index (χ0n) is 16.1. The number of benzene rings is 1. The van der Waals surface area contributed by atoms with Crippen LogP contribution in [0.2, 0.25) is 0 Å². The van der Waals surface area contributed by atoms with Gasteiger partial charge >= 0.3 is 5.97 Å². The largest absolute Gasteiger partial charge is 0.467 e. The molecule has 28 heavy (non-hydrogen) atoms. The summed E-state index contributed by atoms with van der Waals surface area (Å²) in [5.41, 5.74) is 2.73. The summed E-state index contributed by atoms with van der Waals surface area (Å²) in [6.45, 7) is 4.13. The first kappa shape index (κ1) is 19.7. The lowest BCUT2D eigenvalue weighted by atomic mass is 10.1. The van der Waals surface area contributed by atoms with Crippen molar-refractivity contribution in [1.82, 2.24) is 4.90 Å². The molecule has 3 rings (SSSR count). The number of furan rings is 1. The summed E-state index contributed by atoms with van der Waals surface area (Å²) in [6, 6.07) is 9.33. The summed E-state index contributed by atoms with van der Waals surface area (Å²) >= 11 is 0. The average Bonchev–Trinajstić information content (AvgIpc) is 3.32. The highest BCUT2D eigenvalue weighted by Crippen LogP contribution is 2.23. The van der Waals surface area contributed by atoms with Crippen molar-refractivity contribution < 1.29 is 23.5 Å². The fourth-order valence-electron chi connectivity index (χ4n) is 3.31. The lowest BCUT2D eigenvalue weighted by molar-refractivity contribution is -0.151. The third-order valence-corrected chi connectivity index (χ3v) is 4.82. The Bertz CT molecular complexity index is 860. The molecule has 0 unspecified atom stereocenters. The number of carbonyl (C=O) groups is 3. The van der Waals surface area contributed by atoms with E-state index in [1.807, 2.05) is 32.0 Å². The van der Waals surface area contributed by atoms with Gasteiger partial charge in [0.1, 0.15) is 5.76 Å². The number of nitrogens with zero attached hydrogens (tertiary/aromatic N) is 1. The predicted octanol–water partition coefficient (Wildman–Crippen LogP) is 2.68. The van der Waals surface area contributed by atoms with E-state index in [0.29, 0.717) is 12.3 Å². The summed E-state index contributed by atoms with van der Waals surface area (Å²) in [7, 11) is 0. The van der Waals surface area contributed by atoms with Gasteiger partial charge < -0.3 is 19.4 Å². The van der Waals surface area contributed by atoms with Crippen molar-refractivity contribution in [3.8, 4) is 0 Å². The van der Waals surface area contributed by atoms with Gasteiger partial charge in [0, 0.05) is 18.7 Å². The Kier molecular flexibility index (Phi) is 6.13. The topological polar surface area (TPSA) is 88.8 Å². The second-order valence-electron chi connectivity index (χ2n) is 6.87. The smallest absolute Gasteiger partial charge is 0.311 e. The van der Waals surface area contributed by atoms with Gasteiger partial charge in [-0.2, -0.15) is 0 Å². The zero-order valence-corrected chi connectivity index (χ0v) is 16.1. The van der Waals surface area contributed by atoms with Gasteiger partial charge in [-0.3, -0.25) is 14.4 Å². The molecule has 0 radical (unpaired) electrons. The molecular formula is C21H24N2O5. The number of anilines is 1. The Labute approximate surface area is 163 Å². The number of aryl methyl sites for hydroxylation is 2. The average molecular weight is 384 g/mol. The van der Waals surface area contributed by atoms with Gasteiger partial charge in [-0.05, 0) is 36.6 Å². The van der Waals surface area contributed by atoms with Crippen LogP contribution in [0.25, 0.3) is 0 Å². The van der Waals surface area contributed by atoms with E-state index in [2.05, 4.69) is 5.32 Å². The SMILES string of the molecule is CCc1cccc(C)c1NC(=O)COC(=O)[C@@H]1CC(=O)N(Cc2ccco2)C1. The molecule has 0 bridgehead atoms. The fraction of sp³-hybridized carbons (Fsp3) is 0.381. The van der Waals surface area contributed by atoms with Crippen molar-refractivity contribution in [1.29, 1.82) is 0 Å². The number of esters is 1. The van der Waals surface area contributed by atoms with Gasteiger partial charge in [0.2, 0.25) is 5.91 Å². The number of hydrogen-bond donors (Lipinski definition) is 1. The van der Waals surface area contributed by atoms with Gasteiger partial charge in [-0.1, -0.05) is 25.1 Å². The van der Waals surface area contributed by atoms with Crippen LogP contribution in [0.15, 0.2) is 41.0 Å². The normalized spacial score (nSPS) is 16.3. The van der Waals surface area contributed by atoms with E-state index in [1.165, 1.54) is 0 Å². The number of likely N-dealkylation sites (tertiary alicyclic amines) is 1. The maximum absolute atomic E-state index is 12.3. The van der Waals surface area contributed by atoms with Gasteiger partial charge in [0.25, 0.3) is 5.91 Å². The third-order valence-electron chi connectivity index (χ3n) is 4.82. The summed E-state index contributed by atoms with van der Waals surface area (Å²) in [5.74, 6) is -0.970. The molecule has 0 aliphatic carbocycles. The number of ether oxygens (including phenoxy) is 1. The molecule has 1 aliphatic heterocycles. The Hall–Kier alpha value is -3.09. The lowest BCUT2D eigenvalue weighted by Gasteiger charge is -2.15. The monoisotopic (exact) mass is 384 g/mol.